The Bertz CT molecular complexity index is 93.6. The van der Waals surface area contributed by atoms with Crippen molar-refractivity contribution in [3.8, 4) is 0 Å². The van der Waals surface area contributed by atoms with Gasteiger partial charge in [0, 0.05) is 0 Å². The van der Waals surface area contributed by atoms with E-state index >= 15 is 0 Å². The van der Waals surface area contributed by atoms with E-state index in [-0.39, 0.29) is 0 Å². The fourth-order valence-corrected chi connectivity index (χ4v) is 0. The summed E-state index contributed by atoms with van der Waals surface area (Å²) in [5.74, 6) is 0. The van der Waals surface area contributed by atoms with Gasteiger partial charge in [-0.05, 0) is 0 Å². The van der Waals surface area contributed by atoms with Crippen LogP contribution in [0.5, 0.6) is 0 Å². The molecule has 0 aromatic carbocycles. The normalized spacial score (nSPS) is 10.7. The second kappa shape index (κ2) is 5.98. The standard InChI is InChI=1S/ClHO4.H3O4P/c2-1(3)5-4;1-5(2,3)4/h4H;(H3,1,2,3,4). The zero-order valence-corrected chi connectivity index (χ0v) is 5.90. The molecule has 0 spiro atoms. The molecule has 0 atom stereocenters. The lowest BCUT2D eigenvalue weighted by Crippen LogP contribution is -2.32. The number of phosphoric acid groups is 1. The van der Waals surface area contributed by atoms with Crippen LogP contribution in [0.25, 0.3) is 0 Å². The van der Waals surface area contributed by atoms with Crippen molar-refractivity contribution in [3.05, 3.63) is 0 Å². The molecule has 8 nitrogen and oxygen atoms in total. The zero-order chi connectivity index (χ0) is 8.78. The van der Waals surface area contributed by atoms with E-state index in [1.807, 2.05) is 0 Å². The van der Waals surface area contributed by atoms with Crippen LogP contribution in [0.1, 0.15) is 0 Å². The van der Waals surface area contributed by atoms with Gasteiger partial charge in [0.15, 0.2) is 4.44 Å². The van der Waals surface area contributed by atoms with Gasteiger partial charge in [0.05, 0.1) is 0 Å². The van der Waals surface area contributed by atoms with E-state index in [2.05, 4.69) is 4.44 Å². The average molecular weight is 198 g/mol. The summed E-state index contributed by atoms with van der Waals surface area (Å²) in [6.45, 7) is 0. The molecule has 64 valence electrons. The summed E-state index contributed by atoms with van der Waals surface area (Å²) in [4.78, 5) is 21.6. The monoisotopic (exact) mass is 198 g/mol. The molecule has 0 fully saturated rings. The Morgan fingerprint density at radius 2 is 1.40 bits per heavy atom. The van der Waals surface area contributed by atoms with Crippen LogP contribution < -0.4 is 9.32 Å². The maximum absolute atomic E-state index is 8.88. The van der Waals surface area contributed by atoms with Gasteiger partial charge < -0.3 is 24.0 Å². The van der Waals surface area contributed by atoms with Crippen LogP contribution in [0.4, 0.5) is 0 Å². The zero-order valence-electron chi connectivity index (χ0n) is 4.25. The first kappa shape index (κ1) is 12.9. The molecule has 0 saturated heterocycles. The van der Waals surface area contributed by atoms with Gasteiger partial charge in [-0.25, -0.2) is 4.57 Å². The Labute approximate surface area is 57.9 Å². The van der Waals surface area contributed by atoms with E-state index in [9.17, 15) is 0 Å². The van der Waals surface area contributed by atoms with Crippen LogP contribution in [0.15, 0.2) is 0 Å². The Kier molecular flexibility index (Phi) is 7.70. The molecular weight excluding hydrogens is 194 g/mol. The van der Waals surface area contributed by atoms with Crippen LogP contribution in [-0.2, 0) is 9.01 Å². The third-order valence-electron chi connectivity index (χ3n) is 0.0563. The summed E-state index contributed by atoms with van der Waals surface area (Å²) < 4.78 is 29.2. The summed E-state index contributed by atoms with van der Waals surface area (Å²) in [7, 11) is -7.13. The molecule has 10 heavy (non-hydrogen) atoms. The van der Waals surface area contributed by atoms with Crippen LogP contribution in [0.3, 0.4) is 0 Å². The van der Waals surface area contributed by atoms with Crippen molar-refractivity contribution >= 4 is 7.82 Å². The third-order valence-corrected chi connectivity index (χ3v) is 0.169. The summed E-state index contributed by atoms with van der Waals surface area (Å²) in [6.07, 6.45) is 0. The van der Waals surface area contributed by atoms with Crippen LogP contribution in [0.2, 0.25) is 0 Å². The predicted octanol–water partition coefficient (Wildman–Crippen LogP) is -3.37. The molecule has 0 amide bonds. The van der Waals surface area contributed by atoms with Crippen molar-refractivity contribution in [2.24, 2.45) is 0 Å². The summed E-state index contributed by atoms with van der Waals surface area (Å²) >= 11 is 0. The highest BCUT2D eigenvalue weighted by atomic mass is 35.6. The molecule has 10 heteroatoms. The van der Waals surface area contributed by atoms with Gasteiger partial charge in [-0.1, -0.05) is 0 Å². The molecule has 4 N–H and O–H groups in total. The first-order valence-electron chi connectivity index (χ1n) is 1.43. The highest BCUT2D eigenvalue weighted by Crippen LogP contribution is 2.25. The molecule has 0 aromatic rings. The molecule has 0 aromatic heterocycles. The van der Waals surface area contributed by atoms with E-state index in [1.54, 1.807) is 0 Å². The number of hydrogen-bond donors (Lipinski definition) is 4. The second-order valence-corrected chi connectivity index (χ2v) is 2.31. The summed E-state index contributed by atoms with van der Waals surface area (Å²) in [6, 6.07) is 0. The van der Waals surface area contributed by atoms with Gasteiger partial charge in [-0.2, -0.15) is 5.26 Å². The molecule has 0 unspecified atom stereocenters. The molecule has 0 saturated carbocycles. The molecule has 0 heterocycles. The van der Waals surface area contributed by atoms with Gasteiger partial charge in [-0.15, -0.1) is 0 Å². The first-order chi connectivity index (χ1) is 4.27. The quantitative estimate of drug-likeness (QED) is 0.193. The van der Waals surface area contributed by atoms with Crippen LogP contribution in [0, 0.1) is 10.8 Å². The van der Waals surface area contributed by atoms with Crippen LogP contribution >= 0.6 is 7.82 Å². The van der Waals surface area contributed by atoms with Crippen molar-refractivity contribution in [3.63, 3.8) is 0 Å². The average Bonchev–Trinajstić information content (AvgIpc) is 1.61. The fourth-order valence-electron chi connectivity index (χ4n) is 0. The molecule has 0 aliphatic rings. The number of rotatable bonds is 1. The van der Waals surface area contributed by atoms with E-state index in [4.69, 9.17) is 33.8 Å². The lowest BCUT2D eigenvalue weighted by atomic mass is 15.0. The van der Waals surface area contributed by atoms with Gasteiger partial charge in [0.1, 0.15) is 0 Å². The minimum atomic E-state index is -4.64. The molecule has 0 aliphatic carbocycles. The minimum Gasteiger partial charge on any atom is -0.318 e. The molecule has 0 aliphatic heterocycles. The largest absolute Gasteiger partial charge is 0.466 e. The molecule has 0 rings (SSSR count). The SMILES string of the molecule is O=P(O)(O)O.[O-][Cl+2]([O-])OO. The molecule has 0 bridgehead atoms. The number of halogens is 1. The smallest absolute Gasteiger partial charge is 0.318 e. The maximum atomic E-state index is 8.88. The predicted molar refractivity (Wildman–Crippen MR) is 18.0 cm³/mol. The van der Waals surface area contributed by atoms with Crippen molar-refractivity contribution < 1.29 is 49.0 Å². The van der Waals surface area contributed by atoms with Gasteiger partial charge in [0.2, 0.25) is 0 Å². The first-order valence-corrected chi connectivity index (χ1v) is 3.92. The van der Waals surface area contributed by atoms with Crippen molar-refractivity contribution in [2.75, 3.05) is 0 Å². The maximum Gasteiger partial charge on any atom is 0.466 e. The van der Waals surface area contributed by atoms with E-state index in [1.165, 1.54) is 0 Å². The summed E-state index contributed by atoms with van der Waals surface area (Å²) in [5.41, 5.74) is 0. The second-order valence-electron chi connectivity index (χ2n) is 0.771. The Hall–Kier alpha value is 0.240. The number of hydrogen-bond acceptors (Lipinski definition) is 5. The highest BCUT2D eigenvalue weighted by Gasteiger charge is 2.00. The van der Waals surface area contributed by atoms with E-state index < -0.39 is 18.6 Å². The van der Waals surface area contributed by atoms with Gasteiger partial charge in [-0.3, -0.25) is 0 Å². The third kappa shape index (κ3) is 86.1. The van der Waals surface area contributed by atoms with Gasteiger partial charge in [0.25, 0.3) is 0 Å². The Morgan fingerprint density at radius 3 is 1.40 bits per heavy atom. The van der Waals surface area contributed by atoms with Crippen molar-refractivity contribution in [1.82, 2.24) is 0 Å². The van der Waals surface area contributed by atoms with Crippen molar-refractivity contribution in [1.29, 1.82) is 0 Å². The molecule has 0 radical (unpaired) electrons. The lowest BCUT2D eigenvalue weighted by molar-refractivity contribution is -1.64. The molecular formula is H4ClO8P. The summed E-state index contributed by atoms with van der Waals surface area (Å²) in [5, 5.41) is 7.01. The van der Waals surface area contributed by atoms with Crippen molar-refractivity contribution in [2.45, 2.75) is 0 Å². The van der Waals surface area contributed by atoms with Crippen LogP contribution in [-0.4, -0.2) is 19.9 Å². The highest BCUT2D eigenvalue weighted by molar-refractivity contribution is 7.45. The Balaban J connectivity index is 0. The topological polar surface area (TPSA) is 153 Å². The van der Waals surface area contributed by atoms with Gasteiger partial charge >= 0.3 is 18.6 Å². The fraction of sp³-hybridized carbons (Fsp3) is 0. The van der Waals surface area contributed by atoms with E-state index in [0.717, 1.165) is 0 Å². The minimum absolute atomic E-state index is 2.49. The lowest BCUT2D eigenvalue weighted by Gasteiger charge is -1.82. The van der Waals surface area contributed by atoms with E-state index in [0.29, 0.717) is 0 Å². The Morgan fingerprint density at radius 1 is 1.30 bits per heavy atom.